The van der Waals surface area contributed by atoms with E-state index in [0.29, 0.717) is 24.4 Å². The number of aliphatic hydroxyl groups is 1. The van der Waals surface area contributed by atoms with E-state index in [1.807, 2.05) is 19.1 Å². The molecule has 1 saturated heterocycles. The van der Waals surface area contributed by atoms with E-state index in [0.717, 1.165) is 23.8 Å². The van der Waals surface area contributed by atoms with Crippen molar-refractivity contribution in [2.45, 2.75) is 49.3 Å². The summed E-state index contributed by atoms with van der Waals surface area (Å²) in [7, 11) is -3.33. The molecule has 4 rings (SSSR count). The number of hydrogen-bond acceptors (Lipinski definition) is 7. The van der Waals surface area contributed by atoms with Gasteiger partial charge in [-0.3, -0.25) is 9.59 Å². The minimum atomic E-state index is -3.33. The van der Waals surface area contributed by atoms with E-state index in [1.54, 1.807) is 35.2 Å². The largest absolute Gasteiger partial charge is 0.383 e. The molecule has 188 valence electrons. The fourth-order valence-electron chi connectivity index (χ4n) is 4.63. The third-order valence-corrected chi connectivity index (χ3v) is 7.59. The van der Waals surface area contributed by atoms with Gasteiger partial charge in [0.05, 0.1) is 22.3 Å². The van der Waals surface area contributed by atoms with E-state index in [2.05, 4.69) is 0 Å². The number of fused-ring (bicyclic) bond motifs is 1. The van der Waals surface area contributed by atoms with Crippen LogP contribution in [0.1, 0.15) is 26.2 Å². The van der Waals surface area contributed by atoms with E-state index in [1.165, 1.54) is 4.90 Å². The van der Waals surface area contributed by atoms with Crippen LogP contribution in [0.15, 0.2) is 47.4 Å². The molecule has 35 heavy (non-hydrogen) atoms. The first-order chi connectivity index (χ1) is 16.6. The molecule has 0 aromatic heterocycles. The third kappa shape index (κ3) is 5.11. The number of sulfone groups is 1. The maximum Gasteiger partial charge on any atom is 0.256 e. The zero-order chi connectivity index (χ0) is 25.3. The molecule has 0 saturated carbocycles. The van der Waals surface area contributed by atoms with Crippen molar-refractivity contribution >= 4 is 33.0 Å². The highest BCUT2D eigenvalue weighted by molar-refractivity contribution is 7.90. The van der Waals surface area contributed by atoms with Gasteiger partial charge in [0.2, 0.25) is 0 Å². The van der Waals surface area contributed by atoms with Gasteiger partial charge >= 0.3 is 0 Å². The van der Waals surface area contributed by atoms with Crippen molar-refractivity contribution in [3.8, 4) is 11.1 Å². The fraction of sp³-hybridized carbons (Fsp3) is 0.440. The Balaban J connectivity index is 1.77. The van der Waals surface area contributed by atoms with Crippen LogP contribution in [0.3, 0.4) is 0 Å². The summed E-state index contributed by atoms with van der Waals surface area (Å²) in [5.41, 5.74) is 8.14. The third-order valence-electron chi connectivity index (χ3n) is 6.46. The van der Waals surface area contributed by atoms with Crippen molar-refractivity contribution in [1.29, 1.82) is 0 Å². The Kier molecular flexibility index (Phi) is 7.27. The number of ether oxygens (including phenoxy) is 1. The summed E-state index contributed by atoms with van der Waals surface area (Å²) in [5, 5.41) is 10.4. The number of anilines is 2. The number of carbonyl (C=O) groups is 2. The standard InChI is InChI=1S/C25H31N3O6S/c1-16-15-27(25(31)23-4-3-13-34-23)21-14-18(17-5-8-19(9-6-17)35(2,32)33)7-10-20(21)28(16)24(30)22(29)11-12-26/h5-10,14,16,22-23,29H,3-4,11-13,15,26H2,1-2H3/t16-,22?,23?/m0/s1. The topological polar surface area (TPSA) is 130 Å². The summed E-state index contributed by atoms with van der Waals surface area (Å²) in [5.74, 6) is -0.617. The smallest absolute Gasteiger partial charge is 0.256 e. The average molecular weight is 502 g/mol. The SMILES string of the molecule is C[C@H]1CN(C(=O)C2CCCO2)c2cc(-c3ccc(S(C)(=O)=O)cc3)ccc2N1C(=O)C(O)CCN. The van der Waals surface area contributed by atoms with Crippen molar-refractivity contribution in [3.05, 3.63) is 42.5 Å². The molecule has 0 bridgehead atoms. The van der Waals surface area contributed by atoms with Gasteiger partial charge in [0.15, 0.2) is 9.84 Å². The highest BCUT2D eigenvalue weighted by atomic mass is 32.2. The predicted molar refractivity (Wildman–Crippen MR) is 133 cm³/mol. The summed E-state index contributed by atoms with van der Waals surface area (Å²) in [6.45, 7) is 2.80. The van der Waals surface area contributed by atoms with Crippen molar-refractivity contribution < 1.29 is 27.9 Å². The van der Waals surface area contributed by atoms with E-state index < -0.39 is 28.0 Å². The molecule has 2 unspecified atom stereocenters. The van der Waals surface area contributed by atoms with Gasteiger partial charge in [0, 0.05) is 19.4 Å². The first-order valence-corrected chi connectivity index (χ1v) is 13.6. The molecule has 2 aromatic rings. The van der Waals surface area contributed by atoms with Crippen LogP contribution >= 0.6 is 0 Å². The number of aliphatic hydroxyl groups excluding tert-OH is 1. The second kappa shape index (κ2) is 10.1. The Bertz CT molecular complexity index is 1210. The van der Waals surface area contributed by atoms with Crippen molar-refractivity contribution in [2.75, 3.05) is 35.8 Å². The van der Waals surface area contributed by atoms with E-state index in [9.17, 15) is 23.1 Å². The number of nitrogens with two attached hydrogens (primary N) is 1. The molecule has 9 nitrogen and oxygen atoms in total. The molecular weight excluding hydrogens is 470 g/mol. The number of nitrogens with zero attached hydrogens (tertiary/aromatic N) is 2. The lowest BCUT2D eigenvalue weighted by Crippen LogP contribution is -2.56. The first-order valence-electron chi connectivity index (χ1n) is 11.7. The molecule has 2 amide bonds. The Labute approximate surface area is 205 Å². The van der Waals surface area contributed by atoms with Gasteiger partial charge in [-0.2, -0.15) is 0 Å². The molecule has 2 heterocycles. The molecule has 2 aliphatic heterocycles. The maximum absolute atomic E-state index is 13.4. The van der Waals surface area contributed by atoms with Crippen LogP contribution in [0, 0.1) is 0 Å². The van der Waals surface area contributed by atoms with Crippen molar-refractivity contribution in [2.24, 2.45) is 5.73 Å². The minimum Gasteiger partial charge on any atom is -0.383 e. The molecule has 3 atom stereocenters. The molecule has 0 spiro atoms. The lowest BCUT2D eigenvalue weighted by atomic mass is 9.99. The first kappa shape index (κ1) is 25.3. The maximum atomic E-state index is 13.4. The normalized spacial score (nSPS) is 21.0. The van der Waals surface area contributed by atoms with Gasteiger partial charge in [0.1, 0.15) is 12.2 Å². The lowest BCUT2D eigenvalue weighted by Gasteiger charge is -2.42. The molecular formula is C25H31N3O6S. The summed E-state index contributed by atoms with van der Waals surface area (Å²) in [4.78, 5) is 29.9. The van der Waals surface area contributed by atoms with Gasteiger partial charge in [-0.15, -0.1) is 0 Å². The number of carbonyl (C=O) groups excluding carboxylic acids is 2. The fourth-order valence-corrected chi connectivity index (χ4v) is 5.26. The van der Waals surface area contributed by atoms with E-state index >= 15 is 0 Å². The van der Waals surface area contributed by atoms with E-state index in [-0.39, 0.29) is 36.4 Å². The van der Waals surface area contributed by atoms with Crippen LogP contribution in [0.4, 0.5) is 11.4 Å². The van der Waals surface area contributed by atoms with E-state index in [4.69, 9.17) is 10.5 Å². The summed E-state index contributed by atoms with van der Waals surface area (Å²) >= 11 is 0. The second-order valence-electron chi connectivity index (χ2n) is 9.10. The van der Waals surface area contributed by atoms with Crippen LogP contribution in [0.5, 0.6) is 0 Å². The van der Waals surface area contributed by atoms with Gasteiger partial charge < -0.3 is 25.4 Å². The quantitative estimate of drug-likeness (QED) is 0.616. The highest BCUT2D eigenvalue weighted by Crippen LogP contribution is 2.40. The Morgan fingerprint density at radius 1 is 1.14 bits per heavy atom. The molecule has 10 heteroatoms. The molecule has 2 aliphatic rings. The minimum absolute atomic E-state index is 0.140. The number of amides is 2. The van der Waals surface area contributed by atoms with Crippen molar-refractivity contribution in [3.63, 3.8) is 0 Å². The average Bonchev–Trinajstić information content (AvgIpc) is 3.37. The Hall–Kier alpha value is -2.79. The molecule has 3 N–H and O–H groups in total. The molecule has 0 aliphatic carbocycles. The molecule has 2 aromatic carbocycles. The lowest BCUT2D eigenvalue weighted by molar-refractivity contribution is -0.129. The van der Waals surface area contributed by atoms with Crippen LogP contribution in [0.2, 0.25) is 0 Å². The highest BCUT2D eigenvalue weighted by Gasteiger charge is 2.39. The van der Waals surface area contributed by atoms with Gasteiger partial charge in [-0.05, 0) is 68.1 Å². The van der Waals surface area contributed by atoms with Gasteiger partial charge in [0.25, 0.3) is 11.8 Å². The van der Waals surface area contributed by atoms with Crippen LogP contribution < -0.4 is 15.5 Å². The summed E-state index contributed by atoms with van der Waals surface area (Å²) in [6, 6.07) is 11.5. The van der Waals surface area contributed by atoms with Crippen LogP contribution in [0.25, 0.3) is 11.1 Å². The van der Waals surface area contributed by atoms with Crippen LogP contribution in [-0.4, -0.2) is 69.5 Å². The Morgan fingerprint density at radius 2 is 1.83 bits per heavy atom. The Morgan fingerprint density at radius 3 is 2.43 bits per heavy atom. The number of hydrogen-bond donors (Lipinski definition) is 2. The van der Waals surface area contributed by atoms with Crippen LogP contribution in [-0.2, 0) is 24.2 Å². The number of rotatable bonds is 6. The number of benzene rings is 2. The zero-order valence-electron chi connectivity index (χ0n) is 19.9. The molecule has 1 fully saturated rings. The van der Waals surface area contributed by atoms with Crippen molar-refractivity contribution in [1.82, 2.24) is 0 Å². The zero-order valence-corrected chi connectivity index (χ0v) is 20.7. The predicted octanol–water partition coefficient (Wildman–Crippen LogP) is 1.71. The summed E-state index contributed by atoms with van der Waals surface area (Å²) in [6.07, 6.45) is 0.984. The van der Waals surface area contributed by atoms with Gasteiger partial charge in [-0.1, -0.05) is 18.2 Å². The second-order valence-corrected chi connectivity index (χ2v) is 11.1. The monoisotopic (exact) mass is 501 g/mol. The summed E-state index contributed by atoms with van der Waals surface area (Å²) < 4.78 is 29.3. The molecule has 0 radical (unpaired) electrons. The van der Waals surface area contributed by atoms with Gasteiger partial charge in [-0.25, -0.2) is 8.42 Å².